The molecule has 18 heavy (non-hydrogen) atoms. The Labute approximate surface area is 115 Å². The maximum absolute atomic E-state index is 12.0. The number of carbonyl (C=O) groups excluding carboxylic acids is 1. The lowest BCUT2D eigenvalue weighted by Crippen LogP contribution is -2.14. The predicted octanol–water partition coefficient (Wildman–Crippen LogP) is 3.63. The van der Waals surface area contributed by atoms with E-state index in [1.54, 1.807) is 18.2 Å². The first kappa shape index (κ1) is 12.7. The van der Waals surface area contributed by atoms with Crippen LogP contribution in [0.1, 0.15) is 10.4 Å². The Kier molecular flexibility index (Phi) is 3.75. The normalized spacial score (nSPS) is 10.1. The number of hydrogen-bond acceptors (Lipinski definition) is 2. The average Bonchev–Trinajstić information content (AvgIpc) is 2.35. The molecule has 0 fully saturated rings. The molecule has 2 rings (SSSR count). The van der Waals surface area contributed by atoms with Crippen LogP contribution in [-0.4, -0.2) is 5.91 Å². The van der Waals surface area contributed by atoms with Gasteiger partial charge in [0.05, 0.1) is 15.6 Å². The molecule has 0 aromatic heterocycles. The molecule has 0 heterocycles. The summed E-state index contributed by atoms with van der Waals surface area (Å²) in [6.07, 6.45) is 0. The SMILES string of the molecule is Nc1cc(Cl)c(Cl)cc1C(=O)Nc1[c]cccc1. The third kappa shape index (κ3) is 2.75. The Bertz CT molecular complexity index is 585. The third-order valence-corrected chi connectivity index (χ3v) is 3.02. The summed E-state index contributed by atoms with van der Waals surface area (Å²) in [5, 5.41) is 3.27. The topological polar surface area (TPSA) is 55.1 Å². The van der Waals surface area contributed by atoms with E-state index >= 15 is 0 Å². The van der Waals surface area contributed by atoms with Crippen LogP contribution in [0, 0.1) is 6.07 Å². The zero-order valence-electron chi connectivity index (χ0n) is 9.21. The molecule has 2 aromatic rings. The minimum absolute atomic E-state index is 0.276. The summed E-state index contributed by atoms with van der Waals surface area (Å²) in [6, 6.07) is 12.8. The van der Waals surface area contributed by atoms with Gasteiger partial charge in [0.15, 0.2) is 0 Å². The number of carbonyl (C=O) groups is 1. The molecule has 0 bridgehead atoms. The molecule has 0 saturated heterocycles. The maximum Gasteiger partial charge on any atom is 0.257 e. The largest absolute Gasteiger partial charge is 0.398 e. The Morgan fingerprint density at radius 2 is 1.94 bits per heavy atom. The molecule has 0 aliphatic carbocycles. The fourth-order valence-electron chi connectivity index (χ4n) is 1.42. The van der Waals surface area contributed by atoms with Crippen molar-refractivity contribution in [2.45, 2.75) is 0 Å². The maximum atomic E-state index is 12.0. The van der Waals surface area contributed by atoms with Crippen molar-refractivity contribution < 1.29 is 4.79 Å². The molecule has 3 nitrogen and oxygen atoms in total. The van der Waals surface area contributed by atoms with Gasteiger partial charge in [0.1, 0.15) is 0 Å². The van der Waals surface area contributed by atoms with E-state index in [-0.39, 0.29) is 22.2 Å². The molecule has 91 valence electrons. The number of amides is 1. The van der Waals surface area contributed by atoms with Gasteiger partial charge in [0, 0.05) is 17.4 Å². The summed E-state index contributed by atoms with van der Waals surface area (Å²) in [4.78, 5) is 12.0. The van der Waals surface area contributed by atoms with Crippen LogP contribution in [0.5, 0.6) is 0 Å². The molecule has 0 atom stereocenters. The summed E-state index contributed by atoms with van der Waals surface area (Å²) in [5.41, 5.74) is 6.85. The number of hydrogen-bond donors (Lipinski definition) is 2. The van der Waals surface area contributed by atoms with E-state index in [0.717, 1.165) is 0 Å². The zero-order chi connectivity index (χ0) is 13.1. The van der Waals surface area contributed by atoms with Gasteiger partial charge in [-0.25, -0.2) is 0 Å². The zero-order valence-corrected chi connectivity index (χ0v) is 10.7. The van der Waals surface area contributed by atoms with Gasteiger partial charge >= 0.3 is 0 Å². The molecule has 0 aliphatic heterocycles. The molecule has 0 unspecified atom stereocenters. The van der Waals surface area contributed by atoms with Crippen LogP contribution < -0.4 is 11.1 Å². The number of para-hydroxylation sites is 1. The first-order chi connectivity index (χ1) is 8.58. The molecule has 3 N–H and O–H groups in total. The smallest absolute Gasteiger partial charge is 0.257 e. The Morgan fingerprint density at radius 1 is 1.22 bits per heavy atom. The van der Waals surface area contributed by atoms with Crippen molar-refractivity contribution in [1.82, 2.24) is 0 Å². The lowest BCUT2D eigenvalue weighted by atomic mass is 10.1. The Morgan fingerprint density at radius 3 is 2.61 bits per heavy atom. The number of nitrogens with two attached hydrogens (primary N) is 1. The van der Waals surface area contributed by atoms with Gasteiger partial charge in [0.2, 0.25) is 0 Å². The third-order valence-electron chi connectivity index (χ3n) is 2.29. The van der Waals surface area contributed by atoms with Gasteiger partial charge in [-0.3, -0.25) is 4.79 Å². The highest BCUT2D eigenvalue weighted by molar-refractivity contribution is 6.42. The molecule has 2 aromatic carbocycles. The van der Waals surface area contributed by atoms with E-state index in [1.165, 1.54) is 12.1 Å². The van der Waals surface area contributed by atoms with E-state index in [9.17, 15) is 4.79 Å². The first-order valence-electron chi connectivity index (χ1n) is 5.10. The Hall–Kier alpha value is -1.71. The minimum atomic E-state index is -0.353. The molecular formula is C13H9Cl2N2O. The molecule has 1 amide bonds. The number of nitrogen functional groups attached to an aromatic ring is 1. The minimum Gasteiger partial charge on any atom is -0.398 e. The van der Waals surface area contributed by atoms with Crippen LogP contribution >= 0.6 is 23.2 Å². The van der Waals surface area contributed by atoms with E-state index in [1.807, 2.05) is 6.07 Å². The molecule has 0 spiro atoms. The van der Waals surface area contributed by atoms with Crippen LogP contribution in [0.2, 0.25) is 10.0 Å². The quantitative estimate of drug-likeness (QED) is 0.825. The van der Waals surface area contributed by atoms with Crippen LogP contribution in [0.4, 0.5) is 11.4 Å². The highest BCUT2D eigenvalue weighted by atomic mass is 35.5. The standard InChI is InChI=1S/C13H9Cl2N2O/c14-10-6-9(12(16)7-11(10)15)13(18)17-8-4-2-1-3-5-8/h1-4,6-7H,16H2,(H,17,18). The average molecular weight is 280 g/mol. The van der Waals surface area contributed by atoms with Crippen molar-refractivity contribution in [3.8, 4) is 0 Å². The van der Waals surface area contributed by atoms with Crippen molar-refractivity contribution in [3.63, 3.8) is 0 Å². The van der Waals surface area contributed by atoms with Gasteiger partial charge < -0.3 is 11.1 Å². The highest BCUT2D eigenvalue weighted by Gasteiger charge is 2.12. The molecule has 1 radical (unpaired) electrons. The number of benzene rings is 2. The summed E-state index contributed by atoms with van der Waals surface area (Å²) in [7, 11) is 0. The molecule has 0 aliphatic rings. The highest BCUT2D eigenvalue weighted by Crippen LogP contribution is 2.27. The van der Waals surface area contributed by atoms with E-state index in [2.05, 4.69) is 11.4 Å². The van der Waals surface area contributed by atoms with Gasteiger partial charge in [-0.15, -0.1) is 0 Å². The number of anilines is 2. The fourth-order valence-corrected chi connectivity index (χ4v) is 1.76. The number of halogens is 2. The summed E-state index contributed by atoms with van der Waals surface area (Å²) < 4.78 is 0. The Balaban J connectivity index is 2.27. The number of nitrogens with one attached hydrogen (secondary N) is 1. The van der Waals surface area contributed by atoms with Crippen LogP contribution in [0.25, 0.3) is 0 Å². The van der Waals surface area contributed by atoms with Crippen molar-refractivity contribution in [3.05, 3.63) is 58.1 Å². The predicted molar refractivity (Wildman–Crippen MR) is 74.1 cm³/mol. The van der Waals surface area contributed by atoms with E-state index in [0.29, 0.717) is 10.7 Å². The van der Waals surface area contributed by atoms with E-state index < -0.39 is 0 Å². The molecule has 0 saturated carbocycles. The van der Waals surface area contributed by atoms with Gasteiger partial charge in [-0.2, -0.15) is 0 Å². The second-order valence-corrected chi connectivity index (χ2v) is 4.40. The van der Waals surface area contributed by atoms with Crippen LogP contribution in [-0.2, 0) is 0 Å². The lowest BCUT2D eigenvalue weighted by Gasteiger charge is -2.08. The van der Waals surface area contributed by atoms with Crippen molar-refractivity contribution in [1.29, 1.82) is 0 Å². The second kappa shape index (κ2) is 5.29. The molecular weight excluding hydrogens is 271 g/mol. The summed E-state index contributed by atoms with van der Waals surface area (Å²) in [6.45, 7) is 0. The van der Waals surface area contributed by atoms with Gasteiger partial charge in [-0.1, -0.05) is 41.4 Å². The fraction of sp³-hybridized carbons (Fsp3) is 0. The van der Waals surface area contributed by atoms with Crippen LogP contribution in [0.3, 0.4) is 0 Å². The first-order valence-corrected chi connectivity index (χ1v) is 5.86. The molecule has 5 heteroatoms. The van der Waals surface area contributed by atoms with Gasteiger partial charge in [0.25, 0.3) is 5.91 Å². The monoisotopic (exact) mass is 279 g/mol. The van der Waals surface area contributed by atoms with Gasteiger partial charge in [-0.05, 0) is 18.2 Å². The van der Waals surface area contributed by atoms with Crippen molar-refractivity contribution >= 4 is 40.5 Å². The van der Waals surface area contributed by atoms with Crippen LogP contribution in [0.15, 0.2) is 36.4 Å². The van der Waals surface area contributed by atoms with E-state index in [4.69, 9.17) is 28.9 Å². The van der Waals surface area contributed by atoms with Crippen molar-refractivity contribution in [2.75, 3.05) is 11.1 Å². The number of rotatable bonds is 2. The lowest BCUT2D eigenvalue weighted by molar-refractivity contribution is 0.102. The summed E-state index contributed by atoms with van der Waals surface area (Å²) >= 11 is 11.7. The second-order valence-electron chi connectivity index (χ2n) is 3.58. The summed E-state index contributed by atoms with van der Waals surface area (Å²) in [5.74, 6) is -0.353. The van der Waals surface area contributed by atoms with Crippen molar-refractivity contribution in [2.24, 2.45) is 0 Å².